The molecule has 0 spiro atoms. The summed E-state index contributed by atoms with van der Waals surface area (Å²) in [6.07, 6.45) is 2.67. The van der Waals surface area contributed by atoms with Crippen LogP contribution in [0.4, 0.5) is 17.1 Å². The topological polar surface area (TPSA) is 54.5 Å². The molecule has 1 aromatic heterocycles. The fourth-order valence-electron chi connectivity index (χ4n) is 3.55. The predicted molar refractivity (Wildman–Crippen MR) is 107 cm³/mol. The first-order valence-electron chi connectivity index (χ1n) is 8.94. The van der Waals surface area contributed by atoms with E-state index in [1.54, 1.807) is 19.4 Å². The average molecular weight is 359 g/mol. The summed E-state index contributed by atoms with van der Waals surface area (Å²) >= 11 is 0. The molecular weight excluding hydrogens is 338 g/mol. The minimum atomic E-state index is -0.245. The number of aromatic nitrogens is 1. The highest BCUT2D eigenvalue weighted by atomic mass is 16.5. The van der Waals surface area contributed by atoms with Crippen molar-refractivity contribution in [2.75, 3.05) is 17.3 Å². The van der Waals surface area contributed by atoms with Gasteiger partial charge in [0, 0.05) is 35.4 Å². The molecule has 0 fully saturated rings. The molecule has 4 rings (SSSR count). The Balaban J connectivity index is 1.60. The second kappa shape index (κ2) is 7.11. The molecule has 5 heteroatoms. The summed E-state index contributed by atoms with van der Waals surface area (Å²) in [6, 6.07) is 19.8. The molecule has 1 aliphatic heterocycles. The summed E-state index contributed by atoms with van der Waals surface area (Å²) < 4.78 is 5.20. The summed E-state index contributed by atoms with van der Waals surface area (Å²) in [6.45, 7) is 2.19. The minimum absolute atomic E-state index is 0.245. The van der Waals surface area contributed by atoms with Crippen molar-refractivity contribution in [2.24, 2.45) is 0 Å². The number of hydrogen-bond donors (Lipinski definition) is 1. The molecule has 5 nitrogen and oxygen atoms in total. The van der Waals surface area contributed by atoms with Gasteiger partial charge in [-0.3, -0.25) is 9.78 Å². The second-order valence-electron chi connectivity index (χ2n) is 6.64. The molecule has 0 radical (unpaired) electrons. The van der Waals surface area contributed by atoms with Gasteiger partial charge in [0.1, 0.15) is 11.4 Å². The zero-order valence-corrected chi connectivity index (χ0v) is 15.3. The number of nitrogens with zero attached hydrogens (tertiary/aromatic N) is 2. The van der Waals surface area contributed by atoms with Gasteiger partial charge in [-0.25, -0.2) is 0 Å². The molecule has 1 aliphatic rings. The molecule has 136 valence electrons. The number of benzene rings is 2. The Morgan fingerprint density at radius 1 is 1.15 bits per heavy atom. The molecule has 1 N–H and O–H groups in total. The van der Waals surface area contributed by atoms with Crippen molar-refractivity contribution in [3.8, 4) is 5.75 Å². The lowest BCUT2D eigenvalue weighted by atomic mass is 10.1. The second-order valence-corrected chi connectivity index (χ2v) is 6.64. The number of carbonyl (C=O) groups is 1. The van der Waals surface area contributed by atoms with E-state index in [0.717, 1.165) is 12.1 Å². The SMILES string of the molecule is COc1cccc(NC(=O)c2cc(N3c4ccccc4CC3C)ccn2)c1. The third-order valence-corrected chi connectivity index (χ3v) is 4.79. The average Bonchev–Trinajstić information content (AvgIpc) is 3.04. The van der Waals surface area contributed by atoms with Gasteiger partial charge < -0.3 is 15.0 Å². The number of fused-ring (bicyclic) bond motifs is 1. The number of para-hydroxylation sites is 1. The fourth-order valence-corrected chi connectivity index (χ4v) is 3.55. The number of pyridine rings is 1. The number of ether oxygens (including phenoxy) is 1. The van der Waals surface area contributed by atoms with E-state index in [0.29, 0.717) is 23.2 Å². The lowest BCUT2D eigenvalue weighted by molar-refractivity contribution is 0.102. The first-order valence-corrected chi connectivity index (χ1v) is 8.94. The fraction of sp³-hybridized carbons (Fsp3) is 0.182. The lowest BCUT2D eigenvalue weighted by Crippen LogP contribution is -2.24. The minimum Gasteiger partial charge on any atom is -0.497 e. The molecule has 0 saturated carbocycles. The monoisotopic (exact) mass is 359 g/mol. The highest BCUT2D eigenvalue weighted by molar-refractivity contribution is 6.03. The van der Waals surface area contributed by atoms with E-state index in [1.165, 1.54) is 11.3 Å². The molecule has 0 saturated heterocycles. The van der Waals surface area contributed by atoms with E-state index < -0.39 is 0 Å². The number of carbonyl (C=O) groups excluding carboxylic acids is 1. The Morgan fingerprint density at radius 3 is 2.85 bits per heavy atom. The zero-order chi connectivity index (χ0) is 18.8. The van der Waals surface area contributed by atoms with Crippen LogP contribution in [-0.4, -0.2) is 24.0 Å². The van der Waals surface area contributed by atoms with Crippen LogP contribution >= 0.6 is 0 Å². The number of nitrogens with one attached hydrogen (secondary N) is 1. The van der Waals surface area contributed by atoms with Crippen molar-refractivity contribution in [3.63, 3.8) is 0 Å². The van der Waals surface area contributed by atoms with Gasteiger partial charge in [-0.05, 0) is 49.2 Å². The van der Waals surface area contributed by atoms with Crippen LogP contribution in [0.15, 0.2) is 66.9 Å². The Morgan fingerprint density at radius 2 is 2.00 bits per heavy atom. The van der Waals surface area contributed by atoms with Crippen molar-refractivity contribution in [1.29, 1.82) is 0 Å². The third-order valence-electron chi connectivity index (χ3n) is 4.79. The summed E-state index contributed by atoms with van der Waals surface area (Å²) in [4.78, 5) is 19.2. The lowest BCUT2D eigenvalue weighted by Gasteiger charge is -2.25. The molecule has 2 aromatic carbocycles. The van der Waals surface area contributed by atoms with Crippen LogP contribution in [0.1, 0.15) is 23.0 Å². The van der Waals surface area contributed by atoms with Crippen molar-refractivity contribution >= 4 is 23.0 Å². The Kier molecular flexibility index (Phi) is 4.50. The molecule has 1 amide bonds. The van der Waals surface area contributed by atoms with Gasteiger partial charge in [-0.1, -0.05) is 24.3 Å². The van der Waals surface area contributed by atoms with Gasteiger partial charge in [-0.2, -0.15) is 0 Å². The van der Waals surface area contributed by atoms with Gasteiger partial charge in [0.25, 0.3) is 5.91 Å². The van der Waals surface area contributed by atoms with Crippen molar-refractivity contribution in [1.82, 2.24) is 4.98 Å². The third kappa shape index (κ3) is 3.36. The van der Waals surface area contributed by atoms with Crippen molar-refractivity contribution in [2.45, 2.75) is 19.4 Å². The number of anilines is 3. The number of methoxy groups -OCH3 is 1. The van der Waals surface area contributed by atoms with Crippen LogP contribution in [0, 0.1) is 0 Å². The highest BCUT2D eigenvalue weighted by Gasteiger charge is 2.27. The first-order chi connectivity index (χ1) is 13.2. The van der Waals surface area contributed by atoms with Crippen LogP contribution in [0.2, 0.25) is 0 Å². The smallest absolute Gasteiger partial charge is 0.274 e. The standard InChI is InChI=1S/C22H21N3O2/c1-15-12-16-6-3-4-9-21(16)25(15)18-10-11-23-20(14-18)22(26)24-17-7-5-8-19(13-17)27-2/h3-11,13-15H,12H2,1-2H3,(H,24,26). The molecule has 1 atom stereocenters. The normalized spacial score (nSPS) is 15.3. The van der Waals surface area contributed by atoms with Gasteiger partial charge >= 0.3 is 0 Å². The van der Waals surface area contributed by atoms with Crippen LogP contribution in [-0.2, 0) is 6.42 Å². The predicted octanol–water partition coefficient (Wildman–Crippen LogP) is 4.43. The highest BCUT2D eigenvalue weighted by Crippen LogP contribution is 2.38. The maximum Gasteiger partial charge on any atom is 0.274 e. The van der Waals surface area contributed by atoms with Crippen LogP contribution < -0.4 is 15.0 Å². The van der Waals surface area contributed by atoms with Gasteiger partial charge in [0.15, 0.2) is 0 Å². The van der Waals surface area contributed by atoms with E-state index in [1.807, 2.05) is 36.4 Å². The largest absolute Gasteiger partial charge is 0.497 e. The number of amides is 1. The molecule has 27 heavy (non-hydrogen) atoms. The van der Waals surface area contributed by atoms with E-state index >= 15 is 0 Å². The Labute approximate surface area is 158 Å². The molecule has 0 bridgehead atoms. The summed E-state index contributed by atoms with van der Waals surface area (Å²) in [7, 11) is 1.60. The van der Waals surface area contributed by atoms with Crippen molar-refractivity contribution < 1.29 is 9.53 Å². The van der Waals surface area contributed by atoms with Gasteiger partial charge in [-0.15, -0.1) is 0 Å². The summed E-state index contributed by atoms with van der Waals surface area (Å²) in [5.41, 5.74) is 4.54. The van der Waals surface area contributed by atoms with Gasteiger partial charge in [0.05, 0.1) is 7.11 Å². The zero-order valence-electron chi connectivity index (χ0n) is 15.3. The molecular formula is C22H21N3O2. The van der Waals surface area contributed by atoms with E-state index in [4.69, 9.17) is 4.74 Å². The Bertz CT molecular complexity index is 987. The number of hydrogen-bond acceptors (Lipinski definition) is 4. The molecule has 1 unspecified atom stereocenters. The van der Waals surface area contributed by atoms with E-state index in [9.17, 15) is 4.79 Å². The van der Waals surface area contributed by atoms with E-state index in [2.05, 4.69) is 40.3 Å². The maximum atomic E-state index is 12.7. The van der Waals surface area contributed by atoms with Crippen LogP contribution in [0.25, 0.3) is 0 Å². The Hall–Kier alpha value is -3.34. The van der Waals surface area contributed by atoms with Crippen LogP contribution in [0.3, 0.4) is 0 Å². The first kappa shape index (κ1) is 17.1. The van der Waals surface area contributed by atoms with E-state index in [-0.39, 0.29) is 5.91 Å². The van der Waals surface area contributed by atoms with Gasteiger partial charge in [0.2, 0.25) is 0 Å². The maximum absolute atomic E-state index is 12.7. The number of rotatable bonds is 4. The molecule has 2 heterocycles. The van der Waals surface area contributed by atoms with Crippen LogP contribution in [0.5, 0.6) is 5.75 Å². The quantitative estimate of drug-likeness (QED) is 0.749. The molecule has 0 aliphatic carbocycles. The van der Waals surface area contributed by atoms with Crippen molar-refractivity contribution in [3.05, 3.63) is 78.1 Å². The molecule has 3 aromatic rings. The summed E-state index contributed by atoms with van der Waals surface area (Å²) in [5, 5.41) is 2.88. The summed E-state index contributed by atoms with van der Waals surface area (Å²) in [5.74, 6) is 0.447.